The zero-order valence-electron chi connectivity index (χ0n) is 21.9. The van der Waals surface area contributed by atoms with Crippen LogP contribution in [0.15, 0.2) is 83.7 Å². The molecule has 37 heavy (non-hydrogen) atoms. The summed E-state index contributed by atoms with van der Waals surface area (Å²) >= 11 is 0. The van der Waals surface area contributed by atoms with Gasteiger partial charge in [0, 0.05) is 6.54 Å². The second-order valence-corrected chi connectivity index (χ2v) is 9.24. The van der Waals surface area contributed by atoms with E-state index in [0.717, 1.165) is 30.5 Å². The summed E-state index contributed by atoms with van der Waals surface area (Å²) in [7, 11) is 0. The fraction of sp³-hybridized carbons (Fsp3) is 0.323. The summed E-state index contributed by atoms with van der Waals surface area (Å²) in [5, 5.41) is 0.552. The van der Waals surface area contributed by atoms with Gasteiger partial charge in [-0.3, -0.25) is 14.2 Å². The van der Waals surface area contributed by atoms with E-state index in [0.29, 0.717) is 29.9 Å². The molecule has 1 atom stereocenters. The smallest absolute Gasteiger partial charge is 0.266 e. The Morgan fingerprint density at radius 3 is 2.35 bits per heavy atom. The lowest BCUT2D eigenvalue weighted by Crippen LogP contribution is -2.40. The second-order valence-electron chi connectivity index (χ2n) is 9.24. The lowest BCUT2D eigenvalue weighted by atomic mass is 10.1. The predicted molar refractivity (Wildman–Crippen MR) is 148 cm³/mol. The monoisotopic (exact) mass is 497 g/mol. The number of amides is 1. The van der Waals surface area contributed by atoms with Crippen molar-refractivity contribution in [2.45, 2.75) is 52.7 Å². The molecule has 0 radical (unpaired) electrons. The number of hydrogen-bond donors (Lipinski definition) is 0. The Balaban J connectivity index is 1.70. The number of aromatic nitrogens is 2. The van der Waals surface area contributed by atoms with Crippen LogP contribution in [0.2, 0.25) is 0 Å². The maximum absolute atomic E-state index is 13.7. The normalized spacial score (nSPS) is 12.0. The molecule has 0 aliphatic carbocycles. The van der Waals surface area contributed by atoms with Gasteiger partial charge in [0.05, 0.1) is 29.2 Å². The fourth-order valence-corrected chi connectivity index (χ4v) is 4.48. The van der Waals surface area contributed by atoms with E-state index in [4.69, 9.17) is 9.72 Å². The quantitative estimate of drug-likeness (QED) is 0.261. The molecule has 0 aliphatic rings. The molecule has 1 heterocycles. The zero-order chi connectivity index (χ0) is 26.2. The number of ether oxygens (including phenoxy) is 1. The van der Waals surface area contributed by atoms with Gasteiger partial charge in [-0.15, -0.1) is 0 Å². The summed E-state index contributed by atoms with van der Waals surface area (Å²) < 4.78 is 7.44. The van der Waals surface area contributed by atoms with Gasteiger partial charge in [-0.2, -0.15) is 0 Å². The van der Waals surface area contributed by atoms with Crippen molar-refractivity contribution in [3.8, 4) is 5.69 Å². The molecule has 6 nitrogen and oxygen atoms in total. The largest absolute Gasteiger partial charge is 0.367 e. The minimum absolute atomic E-state index is 0.0358. The van der Waals surface area contributed by atoms with Crippen molar-refractivity contribution in [3.05, 3.63) is 106 Å². The summed E-state index contributed by atoms with van der Waals surface area (Å²) in [5.41, 5.74) is 3.43. The van der Waals surface area contributed by atoms with Crippen molar-refractivity contribution in [1.82, 2.24) is 14.5 Å². The molecule has 1 unspecified atom stereocenters. The van der Waals surface area contributed by atoms with Crippen LogP contribution in [-0.2, 0) is 22.6 Å². The molecule has 0 N–H and O–H groups in total. The number of aryl methyl sites for hydroxylation is 1. The highest BCUT2D eigenvalue weighted by atomic mass is 16.5. The maximum Gasteiger partial charge on any atom is 0.266 e. The molecular formula is C31H35N3O3. The highest BCUT2D eigenvalue weighted by Gasteiger charge is 2.26. The third-order valence-electron chi connectivity index (χ3n) is 6.66. The van der Waals surface area contributed by atoms with Crippen LogP contribution in [0.25, 0.3) is 16.6 Å². The van der Waals surface area contributed by atoms with E-state index in [1.54, 1.807) is 15.5 Å². The van der Waals surface area contributed by atoms with E-state index in [9.17, 15) is 9.59 Å². The first-order chi connectivity index (χ1) is 18.0. The molecule has 4 aromatic rings. The minimum atomic E-state index is -0.428. The Hall–Kier alpha value is -3.77. The highest BCUT2D eigenvalue weighted by molar-refractivity contribution is 5.79. The molecule has 0 aliphatic heterocycles. The van der Waals surface area contributed by atoms with Crippen molar-refractivity contribution >= 4 is 16.8 Å². The van der Waals surface area contributed by atoms with Crippen LogP contribution in [0.5, 0.6) is 0 Å². The molecule has 4 rings (SSSR count). The Kier molecular flexibility index (Phi) is 8.86. The van der Waals surface area contributed by atoms with Crippen LogP contribution in [0.4, 0.5) is 0 Å². The van der Waals surface area contributed by atoms with E-state index in [1.165, 1.54) is 5.56 Å². The number of carbonyl (C=O) groups is 1. The average Bonchev–Trinajstić information content (AvgIpc) is 2.94. The standard InChI is InChI=1S/C31H35N3O3/c1-4-6-20-33(29(35)22-37-21-25-12-8-7-9-13-25)23(3)30-32-28-15-11-10-14-27(28)31(36)34(30)26-18-16-24(5-2)17-19-26/h7-19,23H,4-6,20-22H2,1-3H3. The predicted octanol–water partition coefficient (Wildman–Crippen LogP) is 5.85. The third kappa shape index (κ3) is 6.15. The summed E-state index contributed by atoms with van der Waals surface area (Å²) in [6.07, 6.45) is 2.70. The van der Waals surface area contributed by atoms with Crippen molar-refractivity contribution in [2.75, 3.05) is 13.2 Å². The van der Waals surface area contributed by atoms with Gasteiger partial charge in [0.25, 0.3) is 5.56 Å². The van der Waals surface area contributed by atoms with Crippen molar-refractivity contribution in [3.63, 3.8) is 0 Å². The average molecular weight is 498 g/mol. The molecule has 192 valence electrons. The first-order valence-electron chi connectivity index (χ1n) is 13.1. The molecule has 0 saturated heterocycles. The molecule has 0 fully saturated rings. The number of unbranched alkanes of at least 4 members (excludes halogenated alkanes) is 1. The summed E-state index contributed by atoms with van der Waals surface area (Å²) in [6, 6.07) is 24.7. The van der Waals surface area contributed by atoms with Crippen LogP contribution in [0, 0.1) is 0 Å². The number of para-hydroxylation sites is 1. The summed E-state index contributed by atoms with van der Waals surface area (Å²) in [5.74, 6) is 0.424. The topological polar surface area (TPSA) is 64.4 Å². The Morgan fingerprint density at radius 2 is 1.65 bits per heavy atom. The number of carbonyl (C=O) groups excluding carboxylic acids is 1. The van der Waals surface area contributed by atoms with Crippen LogP contribution < -0.4 is 5.56 Å². The van der Waals surface area contributed by atoms with E-state index in [1.807, 2.05) is 79.7 Å². The van der Waals surface area contributed by atoms with Gasteiger partial charge in [0.2, 0.25) is 5.91 Å². The molecule has 1 aromatic heterocycles. The number of rotatable bonds is 11. The molecule has 0 spiro atoms. The van der Waals surface area contributed by atoms with Gasteiger partial charge in [0.1, 0.15) is 12.4 Å². The van der Waals surface area contributed by atoms with Gasteiger partial charge in [-0.25, -0.2) is 4.98 Å². The van der Waals surface area contributed by atoms with Crippen LogP contribution >= 0.6 is 0 Å². The second kappa shape index (κ2) is 12.5. The van der Waals surface area contributed by atoms with Gasteiger partial charge in [0.15, 0.2) is 0 Å². The molecule has 0 saturated carbocycles. The van der Waals surface area contributed by atoms with Crippen LogP contribution in [0.1, 0.15) is 56.6 Å². The van der Waals surface area contributed by atoms with Gasteiger partial charge in [-0.1, -0.05) is 74.9 Å². The first-order valence-corrected chi connectivity index (χ1v) is 13.1. The van der Waals surface area contributed by atoms with Crippen LogP contribution in [0.3, 0.4) is 0 Å². The van der Waals surface area contributed by atoms with E-state index in [2.05, 4.69) is 13.8 Å². The number of nitrogens with zero attached hydrogens (tertiary/aromatic N) is 3. The maximum atomic E-state index is 13.7. The van der Waals surface area contributed by atoms with Crippen molar-refractivity contribution < 1.29 is 9.53 Å². The number of fused-ring (bicyclic) bond motifs is 1. The Bertz CT molecular complexity index is 1380. The Morgan fingerprint density at radius 1 is 0.946 bits per heavy atom. The number of benzene rings is 3. The van der Waals surface area contributed by atoms with E-state index < -0.39 is 6.04 Å². The fourth-order valence-electron chi connectivity index (χ4n) is 4.48. The van der Waals surface area contributed by atoms with Gasteiger partial charge < -0.3 is 9.64 Å². The molecule has 6 heteroatoms. The Labute approximate surface area is 218 Å². The van der Waals surface area contributed by atoms with E-state index in [-0.39, 0.29) is 18.1 Å². The summed E-state index contributed by atoms with van der Waals surface area (Å²) in [6.45, 7) is 7.03. The van der Waals surface area contributed by atoms with Gasteiger partial charge >= 0.3 is 0 Å². The third-order valence-corrected chi connectivity index (χ3v) is 6.66. The van der Waals surface area contributed by atoms with Crippen molar-refractivity contribution in [2.24, 2.45) is 0 Å². The lowest BCUT2D eigenvalue weighted by molar-refractivity contribution is -0.139. The molecule has 3 aromatic carbocycles. The first kappa shape index (κ1) is 26.3. The zero-order valence-corrected chi connectivity index (χ0v) is 21.9. The van der Waals surface area contributed by atoms with Gasteiger partial charge in [-0.05, 0) is 55.2 Å². The van der Waals surface area contributed by atoms with Crippen molar-refractivity contribution in [1.29, 1.82) is 0 Å². The highest BCUT2D eigenvalue weighted by Crippen LogP contribution is 2.24. The number of hydrogen-bond acceptors (Lipinski definition) is 4. The van der Waals surface area contributed by atoms with Crippen LogP contribution in [-0.4, -0.2) is 33.5 Å². The summed E-state index contributed by atoms with van der Waals surface area (Å²) in [4.78, 5) is 33.9. The SMILES string of the molecule is CCCCN(C(=O)COCc1ccccc1)C(C)c1nc2ccccc2c(=O)n1-c1ccc(CC)cc1. The van der Waals surface area contributed by atoms with E-state index >= 15 is 0 Å². The molecule has 0 bridgehead atoms. The molecular weight excluding hydrogens is 462 g/mol. The minimum Gasteiger partial charge on any atom is -0.367 e. The molecule has 1 amide bonds. The lowest BCUT2D eigenvalue weighted by Gasteiger charge is -2.30.